The van der Waals surface area contributed by atoms with Crippen LogP contribution in [0, 0.1) is 11.8 Å². The van der Waals surface area contributed by atoms with Gasteiger partial charge < -0.3 is 37.8 Å². The van der Waals surface area contributed by atoms with E-state index >= 15 is 0 Å². The largest absolute Gasteiger partial charge is 0.480 e. The quantitative estimate of drug-likeness (QED) is 0.105. The number of hydrogen-bond donors (Lipinski definition) is 7. The van der Waals surface area contributed by atoms with Crippen molar-refractivity contribution < 1.29 is 29.1 Å². The lowest BCUT2D eigenvalue weighted by Gasteiger charge is -2.27. The van der Waals surface area contributed by atoms with E-state index in [4.69, 9.17) is 11.5 Å². The third kappa shape index (κ3) is 13.9. The molecule has 258 valence electrons. The van der Waals surface area contributed by atoms with Gasteiger partial charge in [-0.15, -0.1) is 0 Å². The predicted octanol–water partition coefficient (Wildman–Crippen LogP) is 1.65. The minimum atomic E-state index is -1.23. The van der Waals surface area contributed by atoms with Gasteiger partial charge in [-0.3, -0.25) is 19.2 Å². The number of hydrogen-bond acceptors (Lipinski definition) is 7. The van der Waals surface area contributed by atoms with Crippen molar-refractivity contribution in [1.29, 1.82) is 0 Å². The molecule has 0 aliphatic heterocycles. The lowest BCUT2D eigenvalue weighted by Crippen LogP contribution is -2.59. The molecule has 12 nitrogen and oxygen atoms in total. The SMILES string of the molecule is CC(C)C[C@H](NC(=O)[C@@H](N)C(C)C)C(=O)N[C@@H](Cc1ccccc1)C(=O)N[C@@H](CCCCN)C(=O)N[C@@H](Cc1ccccc1)C(=O)O. The second kappa shape index (κ2) is 20.1. The minimum Gasteiger partial charge on any atom is -0.480 e. The molecule has 0 heterocycles. The van der Waals surface area contributed by atoms with Gasteiger partial charge in [0.15, 0.2) is 0 Å². The van der Waals surface area contributed by atoms with Crippen molar-refractivity contribution >= 4 is 29.6 Å². The fourth-order valence-electron chi connectivity index (χ4n) is 4.96. The van der Waals surface area contributed by atoms with Crippen LogP contribution in [0.25, 0.3) is 0 Å². The predicted molar refractivity (Wildman–Crippen MR) is 181 cm³/mol. The van der Waals surface area contributed by atoms with Crippen LogP contribution in [-0.2, 0) is 36.8 Å². The number of benzene rings is 2. The number of carbonyl (C=O) groups is 5. The first-order chi connectivity index (χ1) is 22.3. The molecule has 12 heteroatoms. The van der Waals surface area contributed by atoms with E-state index in [2.05, 4.69) is 21.3 Å². The lowest BCUT2D eigenvalue weighted by molar-refractivity contribution is -0.142. The second-order valence-electron chi connectivity index (χ2n) is 12.6. The molecule has 0 saturated heterocycles. The molecular formula is C35H52N6O6. The molecule has 9 N–H and O–H groups in total. The summed E-state index contributed by atoms with van der Waals surface area (Å²) in [6.07, 6.45) is 1.77. The van der Waals surface area contributed by atoms with Crippen LogP contribution in [-0.4, -0.2) is 71.5 Å². The Kier molecular flexibility index (Phi) is 16.6. The van der Waals surface area contributed by atoms with Crippen molar-refractivity contribution in [2.24, 2.45) is 23.3 Å². The first-order valence-corrected chi connectivity index (χ1v) is 16.3. The zero-order valence-corrected chi connectivity index (χ0v) is 27.9. The van der Waals surface area contributed by atoms with Crippen LogP contribution in [0.4, 0.5) is 0 Å². The molecule has 0 unspecified atom stereocenters. The van der Waals surface area contributed by atoms with Gasteiger partial charge in [0.25, 0.3) is 0 Å². The van der Waals surface area contributed by atoms with Crippen molar-refractivity contribution in [3.63, 3.8) is 0 Å². The highest BCUT2D eigenvalue weighted by molar-refractivity contribution is 5.95. The molecule has 47 heavy (non-hydrogen) atoms. The smallest absolute Gasteiger partial charge is 0.326 e. The summed E-state index contributed by atoms with van der Waals surface area (Å²) in [6.45, 7) is 7.82. The van der Waals surface area contributed by atoms with Gasteiger partial charge in [-0.2, -0.15) is 0 Å². The summed E-state index contributed by atoms with van der Waals surface area (Å²) in [5.74, 6) is -3.63. The molecule has 4 amide bonds. The molecule has 0 saturated carbocycles. The highest BCUT2D eigenvalue weighted by Gasteiger charge is 2.32. The van der Waals surface area contributed by atoms with Crippen LogP contribution in [0.5, 0.6) is 0 Å². The Morgan fingerprint density at radius 3 is 1.57 bits per heavy atom. The molecule has 2 rings (SSSR count). The van der Waals surface area contributed by atoms with Gasteiger partial charge in [0.1, 0.15) is 24.2 Å². The monoisotopic (exact) mass is 652 g/mol. The second-order valence-corrected chi connectivity index (χ2v) is 12.6. The van der Waals surface area contributed by atoms with E-state index in [1.165, 1.54) is 0 Å². The number of aliphatic carboxylic acids is 1. The fraction of sp³-hybridized carbons (Fsp3) is 0.514. The highest BCUT2D eigenvalue weighted by Crippen LogP contribution is 2.11. The van der Waals surface area contributed by atoms with Crippen LogP contribution < -0.4 is 32.7 Å². The minimum absolute atomic E-state index is 0.0383. The van der Waals surface area contributed by atoms with Crippen LogP contribution in [0.3, 0.4) is 0 Å². The molecule has 0 fully saturated rings. The summed E-state index contributed by atoms with van der Waals surface area (Å²) in [6, 6.07) is 12.8. The number of nitrogens with two attached hydrogens (primary N) is 2. The zero-order valence-electron chi connectivity index (χ0n) is 27.9. The molecule has 2 aromatic carbocycles. The van der Waals surface area contributed by atoms with Gasteiger partial charge in [0, 0.05) is 12.8 Å². The number of amides is 4. The Morgan fingerprint density at radius 1 is 0.638 bits per heavy atom. The molecule has 0 aromatic heterocycles. The molecule has 0 radical (unpaired) electrons. The first kappa shape index (κ1) is 38.9. The summed E-state index contributed by atoms with van der Waals surface area (Å²) in [5, 5.41) is 20.7. The molecule has 0 aliphatic carbocycles. The van der Waals surface area contributed by atoms with Crippen LogP contribution >= 0.6 is 0 Å². The summed E-state index contributed by atoms with van der Waals surface area (Å²) in [5.41, 5.74) is 13.2. The Morgan fingerprint density at radius 2 is 1.09 bits per heavy atom. The average molecular weight is 653 g/mol. The average Bonchev–Trinajstić information content (AvgIpc) is 3.03. The topological polar surface area (TPSA) is 206 Å². The van der Waals surface area contributed by atoms with Gasteiger partial charge in [-0.05, 0) is 55.2 Å². The number of carboxylic acids is 1. The third-order valence-corrected chi connectivity index (χ3v) is 7.75. The van der Waals surface area contributed by atoms with Gasteiger partial charge in [0.2, 0.25) is 23.6 Å². The van der Waals surface area contributed by atoms with E-state index in [9.17, 15) is 29.1 Å². The van der Waals surface area contributed by atoms with Crippen molar-refractivity contribution in [3.8, 4) is 0 Å². The molecular weight excluding hydrogens is 600 g/mol. The number of carbonyl (C=O) groups excluding carboxylic acids is 4. The Hall–Kier alpha value is -4.29. The lowest BCUT2D eigenvalue weighted by atomic mass is 9.99. The van der Waals surface area contributed by atoms with Crippen LogP contribution in [0.15, 0.2) is 60.7 Å². The Balaban J connectivity index is 2.31. The maximum absolute atomic E-state index is 13.9. The molecule has 0 spiro atoms. The zero-order chi connectivity index (χ0) is 34.9. The summed E-state index contributed by atoms with van der Waals surface area (Å²) < 4.78 is 0. The normalized spacial score (nSPS) is 14.4. The molecule has 5 atom stereocenters. The van der Waals surface area contributed by atoms with Gasteiger partial charge in [-0.1, -0.05) is 88.4 Å². The van der Waals surface area contributed by atoms with E-state index in [0.29, 0.717) is 25.8 Å². The summed E-state index contributed by atoms with van der Waals surface area (Å²) >= 11 is 0. The maximum Gasteiger partial charge on any atom is 0.326 e. The summed E-state index contributed by atoms with van der Waals surface area (Å²) in [4.78, 5) is 65.8. The third-order valence-electron chi connectivity index (χ3n) is 7.75. The van der Waals surface area contributed by atoms with E-state index in [1.54, 1.807) is 24.3 Å². The van der Waals surface area contributed by atoms with Crippen molar-refractivity contribution in [3.05, 3.63) is 71.8 Å². The molecule has 0 bridgehead atoms. The van der Waals surface area contributed by atoms with Crippen molar-refractivity contribution in [2.75, 3.05) is 6.54 Å². The molecule has 0 aliphatic rings. The number of nitrogens with one attached hydrogen (secondary N) is 4. The van der Waals surface area contributed by atoms with Crippen LogP contribution in [0.1, 0.15) is 64.5 Å². The summed E-state index contributed by atoms with van der Waals surface area (Å²) in [7, 11) is 0. The molecule has 2 aromatic rings. The number of carboxylic acid groups (broad SMARTS) is 1. The fourth-order valence-corrected chi connectivity index (χ4v) is 4.96. The van der Waals surface area contributed by atoms with E-state index in [1.807, 2.05) is 64.1 Å². The number of unbranched alkanes of at least 4 members (excludes halogenated alkanes) is 1. The Bertz CT molecular complexity index is 1290. The first-order valence-electron chi connectivity index (χ1n) is 16.3. The maximum atomic E-state index is 13.9. The van der Waals surface area contributed by atoms with Gasteiger partial charge >= 0.3 is 5.97 Å². The van der Waals surface area contributed by atoms with Gasteiger partial charge in [0.05, 0.1) is 6.04 Å². The van der Waals surface area contributed by atoms with Crippen LogP contribution in [0.2, 0.25) is 0 Å². The Labute approximate surface area is 277 Å². The van der Waals surface area contributed by atoms with E-state index < -0.39 is 59.8 Å². The van der Waals surface area contributed by atoms with E-state index in [-0.39, 0.29) is 31.1 Å². The van der Waals surface area contributed by atoms with Gasteiger partial charge in [-0.25, -0.2) is 4.79 Å². The van der Waals surface area contributed by atoms with Crippen molar-refractivity contribution in [1.82, 2.24) is 21.3 Å². The standard InChI is InChI=1S/C35H52N6O6/c1-22(2)19-27(40-34(45)30(37)23(3)4)32(43)39-28(20-24-13-7-5-8-14-24)33(44)38-26(17-11-12-18-36)31(42)41-29(35(46)47)21-25-15-9-6-10-16-25/h5-10,13-16,22-23,26-30H,11-12,17-21,36-37H2,1-4H3,(H,38,44)(H,39,43)(H,40,45)(H,41,42)(H,46,47)/t26-,27-,28-,29-,30-/m0/s1. The number of rotatable bonds is 20. The highest BCUT2D eigenvalue weighted by atomic mass is 16.4. The van der Waals surface area contributed by atoms with Crippen molar-refractivity contribution in [2.45, 2.75) is 96.4 Å². The van der Waals surface area contributed by atoms with E-state index in [0.717, 1.165) is 11.1 Å².